The van der Waals surface area contributed by atoms with Crippen LogP contribution in [0.3, 0.4) is 0 Å². The van der Waals surface area contributed by atoms with Crippen LogP contribution in [0.25, 0.3) is 0 Å². The van der Waals surface area contributed by atoms with E-state index in [2.05, 4.69) is 124 Å². The zero-order valence-electron chi connectivity index (χ0n) is 16.8. The second-order valence-electron chi connectivity index (χ2n) is 6.99. The number of rotatable bonds is 5. The summed E-state index contributed by atoms with van der Waals surface area (Å²) in [6, 6.07) is 33.6. The van der Waals surface area contributed by atoms with E-state index in [0.717, 1.165) is 12.8 Å². The summed E-state index contributed by atoms with van der Waals surface area (Å²) in [5.41, 5.74) is 1.52. The second-order valence-corrected chi connectivity index (χ2v) is 11.6. The molecule has 0 nitrogen and oxygen atoms in total. The van der Waals surface area contributed by atoms with Crippen LogP contribution < -0.4 is 52.8 Å². The number of benzene rings is 3. The van der Waals surface area contributed by atoms with Crippen molar-refractivity contribution >= 4 is 23.6 Å². The van der Waals surface area contributed by atoms with E-state index < -0.39 is 8.07 Å². The molecule has 152 valence electrons. The molecule has 1 aliphatic carbocycles. The van der Waals surface area contributed by atoms with Crippen LogP contribution in [0.5, 0.6) is 0 Å². The van der Waals surface area contributed by atoms with Crippen LogP contribution in [0.4, 0.5) is 0 Å². The Labute approximate surface area is 211 Å². The molecule has 0 atom stereocenters. The molecule has 0 fully saturated rings. The monoisotopic (exact) mass is 504 g/mol. The van der Waals surface area contributed by atoms with Crippen LogP contribution in [0.1, 0.15) is 19.8 Å². The van der Waals surface area contributed by atoms with Crippen molar-refractivity contribution < 1.29 is 57.7 Å². The molecule has 5 heteroatoms. The summed E-state index contributed by atoms with van der Waals surface area (Å²) in [6.07, 6.45) is 4.64. The van der Waals surface area contributed by atoms with E-state index in [-0.39, 0.29) is 37.2 Å². The van der Waals surface area contributed by atoms with E-state index in [0.29, 0.717) is 0 Å². The largest absolute Gasteiger partial charge is 1.00 e. The molecule has 0 spiro atoms. The predicted octanol–water partition coefficient (Wildman–Crippen LogP) is -4.75. The third kappa shape index (κ3) is 4.73. The Morgan fingerprint density at radius 1 is 0.667 bits per heavy atom. The van der Waals surface area contributed by atoms with Crippen molar-refractivity contribution in [2.75, 3.05) is 0 Å². The van der Waals surface area contributed by atoms with Crippen molar-refractivity contribution in [1.29, 1.82) is 0 Å². The Morgan fingerprint density at radius 3 is 1.33 bits per heavy atom. The van der Waals surface area contributed by atoms with Crippen molar-refractivity contribution in [2.24, 2.45) is 0 Å². The summed E-state index contributed by atoms with van der Waals surface area (Å²) in [6.45, 7) is 2.27. The molecular weight excluding hydrogens is 483 g/mol. The van der Waals surface area contributed by atoms with Gasteiger partial charge in [0.05, 0.1) is 0 Å². The van der Waals surface area contributed by atoms with E-state index in [1.807, 2.05) is 0 Å². The summed E-state index contributed by atoms with van der Waals surface area (Å²) in [5, 5.41) is 6.07. The van der Waals surface area contributed by atoms with Gasteiger partial charge in [0, 0.05) is 0 Å². The van der Waals surface area contributed by atoms with E-state index in [4.69, 9.17) is 0 Å². The molecule has 0 aliphatic heterocycles. The van der Waals surface area contributed by atoms with Gasteiger partial charge in [0.2, 0.25) is 0 Å². The van der Waals surface area contributed by atoms with Crippen LogP contribution in [-0.4, -0.2) is 8.07 Å². The summed E-state index contributed by atoms with van der Waals surface area (Å²) in [4.78, 5) is 0. The molecule has 4 rings (SSSR count). The van der Waals surface area contributed by atoms with Crippen LogP contribution in [0.15, 0.2) is 112 Å². The van der Waals surface area contributed by atoms with Gasteiger partial charge in [0.25, 0.3) is 0 Å². The number of halogens is 3. The third-order valence-electron chi connectivity index (χ3n) is 5.63. The Hall–Kier alpha value is -1.06. The van der Waals surface area contributed by atoms with Crippen LogP contribution in [0.2, 0.25) is 0 Å². The zero-order valence-corrected chi connectivity index (χ0v) is 21.6. The maximum absolute atomic E-state index is 2.46. The van der Waals surface area contributed by atoms with Crippen LogP contribution >= 0.6 is 0 Å². The molecule has 0 unspecified atom stereocenters. The minimum Gasteiger partial charge on any atom is -1.00 e. The number of allylic oxidation sites excluding steroid dienone is 4. The molecule has 3 aromatic rings. The van der Waals surface area contributed by atoms with E-state index in [1.54, 1.807) is 5.20 Å². The van der Waals surface area contributed by atoms with Gasteiger partial charge in [-0.1, -0.05) is 0 Å². The molecule has 0 aromatic heterocycles. The minimum atomic E-state index is -2.28. The minimum absolute atomic E-state index is 0. The average molecular weight is 506 g/mol. The fourth-order valence-corrected chi connectivity index (χ4v) is 10.9. The molecule has 0 heterocycles. The van der Waals surface area contributed by atoms with Crippen molar-refractivity contribution in [3.05, 3.63) is 112 Å². The first kappa shape index (κ1) is 27.0. The zero-order chi connectivity index (χ0) is 18.7. The smallest absolute Gasteiger partial charge is 1.00 e. The molecular formula is C25H23Cl3SiTi. The van der Waals surface area contributed by atoms with Crippen molar-refractivity contribution in [1.82, 2.24) is 0 Å². The molecule has 3 aromatic carbocycles. The van der Waals surface area contributed by atoms with E-state index in [9.17, 15) is 0 Å². The molecule has 0 N–H and O–H groups in total. The van der Waals surface area contributed by atoms with Crippen molar-refractivity contribution in [3.63, 3.8) is 0 Å². The Morgan fingerprint density at radius 2 is 1.03 bits per heavy atom. The van der Waals surface area contributed by atoms with E-state index >= 15 is 0 Å². The van der Waals surface area contributed by atoms with Crippen molar-refractivity contribution in [2.45, 2.75) is 19.8 Å². The van der Waals surface area contributed by atoms with Gasteiger partial charge < -0.3 is 37.2 Å². The summed E-state index contributed by atoms with van der Waals surface area (Å²) in [5.74, 6) is 0. The average Bonchev–Trinajstić information content (AvgIpc) is 3.12. The fraction of sp³-hybridized carbons (Fsp3) is 0.120. The Bertz CT molecular complexity index is 890. The Balaban J connectivity index is 0.00000150. The predicted molar refractivity (Wildman–Crippen MR) is 114 cm³/mol. The van der Waals surface area contributed by atoms with Crippen molar-refractivity contribution in [3.8, 4) is 0 Å². The van der Waals surface area contributed by atoms with Crippen LogP contribution in [-0.2, 0) is 20.4 Å². The van der Waals surface area contributed by atoms with Gasteiger partial charge in [-0.25, -0.2) is 0 Å². The fourth-order valence-electron chi connectivity index (χ4n) is 4.37. The molecule has 0 saturated heterocycles. The van der Waals surface area contributed by atoms with Gasteiger partial charge in [-0.05, 0) is 0 Å². The number of hydrogen-bond acceptors (Lipinski definition) is 0. The van der Waals surface area contributed by atoms with Gasteiger partial charge in [0.15, 0.2) is 0 Å². The Kier molecular flexibility index (Phi) is 10.9. The first-order chi connectivity index (χ1) is 13.3. The first-order valence-electron chi connectivity index (χ1n) is 9.59. The summed E-state index contributed by atoms with van der Waals surface area (Å²) in [7, 11) is -2.28. The third-order valence-corrected chi connectivity index (χ3v) is 12.0. The maximum Gasteiger partial charge on any atom is -1.00 e. The van der Waals surface area contributed by atoms with Gasteiger partial charge in [-0.15, -0.1) is 0 Å². The maximum atomic E-state index is 2.46. The SMILES string of the molecule is CCC1=CCC([Si](c2ccccc2)(c2ccccc2)c2ccccc2)=[C]1[Ti+3].[Cl-].[Cl-].[Cl-]. The quantitative estimate of drug-likeness (QED) is 0.241. The van der Waals surface area contributed by atoms with Gasteiger partial charge >= 0.3 is 176 Å². The standard InChI is InChI=1S/C25H23Si.3ClH.Ti/c1-2-21-18-19-25(20-21)26(22-12-6-3-7-13-22,23-14-8-4-9-15-23)24-16-10-5-11-17-24;;;;/h3-18H,2,19H2,1H3;3*1H;/q;;;;+3/p-3. The molecule has 0 amide bonds. The summed E-state index contributed by atoms with van der Waals surface area (Å²) >= 11 is 2.34. The second kappa shape index (κ2) is 12.1. The molecule has 0 bridgehead atoms. The molecule has 0 radical (unpaired) electrons. The molecule has 30 heavy (non-hydrogen) atoms. The van der Waals surface area contributed by atoms with Gasteiger partial charge in [-0.3, -0.25) is 0 Å². The topological polar surface area (TPSA) is 0 Å². The molecule has 0 saturated carbocycles. The van der Waals surface area contributed by atoms with Crippen LogP contribution in [0, 0.1) is 0 Å². The van der Waals surface area contributed by atoms with E-state index in [1.165, 1.54) is 25.0 Å². The van der Waals surface area contributed by atoms with Gasteiger partial charge in [-0.2, -0.15) is 0 Å². The summed E-state index contributed by atoms with van der Waals surface area (Å²) < 4.78 is 1.51. The van der Waals surface area contributed by atoms with Gasteiger partial charge in [0.1, 0.15) is 0 Å². The normalized spacial score (nSPS) is 13.0. The molecule has 1 aliphatic rings. The number of hydrogen-bond donors (Lipinski definition) is 0. The first-order valence-corrected chi connectivity index (χ1v) is 12.4.